The predicted octanol–water partition coefficient (Wildman–Crippen LogP) is 3.37. The molecule has 2 heterocycles. The minimum Gasteiger partial charge on any atom is -0.451 e. The van der Waals surface area contributed by atoms with Crippen LogP contribution < -0.4 is 16.0 Å². The molecule has 1 aromatic carbocycles. The molecule has 2 aromatic heterocycles. The van der Waals surface area contributed by atoms with E-state index in [-0.39, 0.29) is 46.1 Å². The summed E-state index contributed by atoms with van der Waals surface area (Å²) in [6.45, 7) is 4.91. The van der Waals surface area contributed by atoms with Crippen molar-refractivity contribution >= 4 is 68.5 Å². The highest BCUT2D eigenvalue weighted by atomic mass is 79.9. The number of fused-ring (bicyclic) bond motifs is 1. The molecule has 34 heavy (non-hydrogen) atoms. The van der Waals surface area contributed by atoms with E-state index < -0.39 is 5.91 Å². The Morgan fingerprint density at radius 1 is 1.18 bits per heavy atom. The number of aryl methyl sites for hydroxylation is 1. The number of nitrogens with zero attached hydrogens (tertiary/aromatic N) is 3. The van der Waals surface area contributed by atoms with Gasteiger partial charge in [0.1, 0.15) is 5.58 Å². The maximum atomic E-state index is 12.7. The van der Waals surface area contributed by atoms with Gasteiger partial charge in [-0.2, -0.15) is 0 Å². The van der Waals surface area contributed by atoms with Crippen LogP contribution in [0.15, 0.2) is 45.9 Å². The first-order valence-electron chi connectivity index (χ1n) is 10.1. The van der Waals surface area contributed by atoms with Crippen LogP contribution in [0.2, 0.25) is 0 Å². The van der Waals surface area contributed by atoms with Crippen LogP contribution in [0.25, 0.3) is 11.0 Å². The summed E-state index contributed by atoms with van der Waals surface area (Å²) in [5.74, 6) is -0.719. The number of benzene rings is 1. The molecular weight excluding hydrogens is 528 g/mol. The molecule has 0 aliphatic rings. The molecule has 10 nitrogen and oxygen atoms in total. The number of aromatic nitrogens is 2. The Morgan fingerprint density at radius 2 is 1.91 bits per heavy atom. The first-order chi connectivity index (χ1) is 15.6. The number of carbonyl (C=O) groups excluding carboxylic acids is 3. The Balaban J connectivity index is 0.00000408. The molecule has 0 unspecified atom stereocenters. The monoisotopic (exact) mass is 552 g/mol. The van der Waals surface area contributed by atoms with Gasteiger partial charge in [-0.05, 0) is 67.3 Å². The van der Waals surface area contributed by atoms with Crippen molar-refractivity contribution < 1.29 is 18.8 Å². The second-order valence-electron chi connectivity index (χ2n) is 7.65. The molecule has 0 saturated heterocycles. The molecule has 0 aliphatic carbocycles. The highest BCUT2D eigenvalue weighted by molar-refractivity contribution is 9.12. The van der Waals surface area contributed by atoms with E-state index in [1.54, 1.807) is 42.1 Å². The molecule has 3 rings (SSSR count). The van der Waals surface area contributed by atoms with E-state index in [1.807, 2.05) is 19.0 Å². The average molecular weight is 554 g/mol. The van der Waals surface area contributed by atoms with Gasteiger partial charge in [0.15, 0.2) is 11.6 Å². The van der Waals surface area contributed by atoms with E-state index in [9.17, 15) is 14.4 Å². The zero-order valence-corrected chi connectivity index (χ0v) is 21.4. The zero-order valence-electron chi connectivity index (χ0n) is 19.0. The van der Waals surface area contributed by atoms with Crippen LogP contribution in [0, 0.1) is 0 Å². The predicted molar refractivity (Wildman–Crippen MR) is 137 cm³/mol. The quantitative estimate of drug-likeness (QED) is 0.276. The Bertz CT molecular complexity index is 1220. The van der Waals surface area contributed by atoms with Crippen LogP contribution in [-0.2, 0) is 11.8 Å². The van der Waals surface area contributed by atoms with Crippen LogP contribution in [0.5, 0.6) is 0 Å². The van der Waals surface area contributed by atoms with Crippen molar-refractivity contribution in [1.82, 2.24) is 19.8 Å². The topological polar surface area (TPSA) is 122 Å². The number of hydrogen-bond donors (Lipinski definition) is 3. The van der Waals surface area contributed by atoms with Gasteiger partial charge < -0.3 is 29.8 Å². The minimum atomic E-state index is -0.512. The van der Waals surface area contributed by atoms with E-state index >= 15 is 0 Å². The number of furan rings is 1. The van der Waals surface area contributed by atoms with Gasteiger partial charge in [0.05, 0.1) is 4.48 Å². The maximum absolute atomic E-state index is 12.7. The average Bonchev–Trinajstić information content (AvgIpc) is 3.33. The largest absolute Gasteiger partial charge is 0.451 e. The number of carbonyl (C=O) groups is 3. The number of halogens is 2. The fourth-order valence-corrected chi connectivity index (χ4v) is 3.12. The van der Waals surface area contributed by atoms with E-state index in [1.165, 1.54) is 0 Å². The Morgan fingerprint density at radius 3 is 2.59 bits per heavy atom. The molecule has 0 fully saturated rings. The number of anilines is 2. The van der Waals surface area contributed by atoms with E-state index in [2.05, 4.69) is 43.4 Å². The summed E-state index contributed by atoms with van der Waals surface area (Å²) in [5.41, 5.74) is 1.02. The smallest absolute Gasteiger partial charge is 0.292 e. The van der Waals surface area contributed by atoms with E-state index in [0.29, 0.717) is 23.2 Å². The fraction of sp³-hybridized carbons (Fsp3) is 0.273. The van der Waals surface area contributed by atoms with Crippen molar-refractivity contribution in [3.8, 4) is 0 Å². The van der Waals surface area contributed by atoms with Crippen molar-refractivity contribution in [2.45, 2.75) is 6.42 Å². The molecule has 0 atom stereocenters. The van der Waals surface area contributed by atoms with Crippen molar-refractivity contribution in [2.24, 2.45) is 7.05 Å². The lowest BCUT2D eigenvalue weighted by atomic mass is 10.2. The van der Waals surface area contributed by atoms with Crippen LogP contribution in [-0.4, -0.2) is 59.4 Å². The summed E-state index contributed by atoms with van der Waals surface area (Å²) < 4.78 is 7.35. The molecule has 0 radical (unpaired) electrons. The summed E-state index contributed by atoms with van der Waals surface area (Å²) in [5, 5.41) is 8.77. The number of rotatable bonds is 9. The lowest BCUT2D eigenvalue weighted by molar-refractivity contribution is -0.112. The van der Waals surface area contributed by atoms with Gasteiger partial charge in [-0.25, -0.2) is 4.98 Å². The number of nitrogens with one attached hydrogen (secondary N) is 3. The minimum absolute atomic E-state index is 0. The van der Waals surface area contributed by atoms with Crippen molar-refractivity contribution in [2.75, 3.05) is 37.8 Å². The van der Waals surface area contributed by atoms with Gasteiger partial charge >= 0.3 is 0 Å². The summed E-state index contributed by atoms with van der Waals surface area (Å²) >= 11 is 3.03. The lowest BCUT2D eigenvalue weighted by Gasteiger charge is -2.09. The molecule has 12 heteroatoms. The Labute approximate surface area is 211 Å². The standard InChI is InChI=1S/C22H25BrN6O4.ClH/c1-13(23)20(30)25-15-6-7-16-14(10-15)11-17(33-16)21(31)27-18-12-29(4)19(26-18)22(32)24-8-5-9-28(2)3;/h6-7,10-12H,1,5,8-9H2,2-4H3,(H,24,32)(H,25,30)(H,27,31);1H. The third-order valence-corrected chi connectivity index (χ3v) is 4.99. The van der Waals surface area contributed by atoms with Gasteiger partial charge in [-0.1, -0.05) is 6.58 Å². The van der Waals surface area contributed by atoms with Crippen molar-refractivity contribution in [3.05, 3.63) is 53.1 Å². The molecule has 0 spiro atoms. The third kappa shape index (κ3) is 6.92. The van der Waals surface area contributed by atoms with Gasteiger partial charge in [-0.15, -0.1) is 12.4 Å². The van der Waals surface area contributed by atoms with Gasteiger partial charge in [0.25, 0.3) is 17.7 Å². The summed E-state index contributed by atoms with van der Waals surface area (Å²) in [6.07, 6.45) is 2.37. The third-order valence-electron chi connectivity index (χ3n) is 4.63. The summed E-state index contributed by atoms with van der Waals surface area (Å²) in [7, 11) is 5.61. The summed E-state index contributed by atoms with van der Waals surface area (Å²) in [6, 6.07) is 6.55. The number of amides is 3. The molecule has 0 bridgehead atoms. The van der Waals surface area contributed by atoms with E-state index in [0.717, 1.165) is 13.0 Å². The normalized spacial score (nSPS) is 10.6. The van der Waals surface area contributed by atoms with Gasteiger partial charge in [-0.3, -0.25) is 14.4 Å². The van der Waals surface area contributed by atoms with Gasteiger partial charge in [0.2, 0.25) is 5.82 Å². The molecule has 182 valence electrons. The highest BCUT2D eigenvalue weighted by Crippen LogP contribution is 2.24. The van der Waals surface area contributed by atoms with Crippen LogP contribution >= 0.6 is 28.3 Å². The van der Waals surface area contributed by atoms with Crippen molar-refractivity contribution in [1.29, 1.82) is 0 Å². The molecule has 3 amide bonds. The SMILES string of the molecule is C=C(Br)C(=O)Nc1ccc2oc(C(=O)Nc3cn(C)c(C(=O)NCCCN(C)C)n3)cc2c1.Cl. The molecule has 3 N–H and O–H groups in total. The zero-order chi connectivity index (χ0) is 24.1. The second kappa shape index (κ2) is 11.8. The molecule has 0 saturated carbocycles. The van der Waals surface area contributed by atoms with Crippen LogP contribution in [0.1, 0.15) is 27.6 Å². The molecule has 3 aromatic rings. The van der Waals surface area contributed by atoms with Crippen LogP contribution in [0.4, 0.5) is 11.5 Å². The fourth-order valence-electron chi connectivity index (χ4n) is 3.02. The van der Waals surface area contributed by atoms with E-state index in [4.69, 9.17) is 4.42 Å². The lowest BCUT2D eigenvalue weighted by Crippen LogP contribution is -2.29. The summed E-state index contributed by atoms with van der Waals surface area (Å²) in [4.78, 5) is 43.0. The van der Waals surface area contributed by atoms with Gasteiger partial charge in [0, 0.05) is 30.9 Å². The number of hydrogen-bond acceptors (Lipinski definition) is 6. The first kappa shape index (κ1) is 27.1. The number of imidazole rings is 1. The second-order valence-corrected chi connectivity index (χ2v) is 8.61. The highest BCUT2D eigenvalue weighted by Gasteiger charge is 2.18. The van der Waals surface area contributed by atoms with Crippen molar-refractivity contribution in [3.63, 3.8) is 0 Å². The first-order valence-corrected chi connectivity index (χ1v) is 10.9. The van der Waals surface area contributed by atoms with Crippen LogP contribution in [0.3, 0.4) is 0 Å². The maximum Gasteiger partial charge on any atom is 0.292 e. The Kier molecular flexibility index (Phi) is 9.42. The molecular formula is C22H26BrClN6O4. The molecule has 0 aliphatic heterocycles. The Hall–Kier alpha value is -3.15.